The third kappa shape index (κ3) is 20.6. The standard InChI is InChI=1S/C35H64N9O17P3S/c1-35(2,30(48)33(49)39-15-13-25(45)38-16-18-65-20-26(46)37-14-11-9-7-6-8-10-12-17-44(3,4)5)21-58-64(55,56)61-63(53,54)57-19-24-29(60-62(50,51)52)28(47)34(59-24)43-23-42-27-31(36)40-22-41-32(27)43/h22-24,28-30,34,47-48H,6-21H2,1-5H3,(H8-,36,37,38,39,40,41,45,46,49,50,51,52,53,54,55,56)/p+1. The predicted octanol–water partition coefficient (Wildman–Crippen LogP) is 0.691. The van der Waals surface area contributed by atoms with Gasteiger partial charge in [0.25, 0.3) is 0 Å². The number of rotatable bonds is 31. The molecule has 11 N–H and O–H groups in total. The molecule has 65 heavy (non-hydrogen) atoms. The number of aliphatic hydroxyl groups excluding tert-OH is 2. The Morgan fingerprint density at radius 2 is 1.54 bits per heavy atom. The lowest BCUT2D eigenvalue weighted by molar-refractivity contribution is -0.870. The number of thioether (sulfide) groups is 1. The summed E-state index contributed by atoms with van der Waals surface area (Å²) in [6.45, 7) is 2.42. The number of aliphatic hydroxyl groups is 2. The molecule has 0 spiro atoms. The van der Waals surface area contributed by atoms with E-state index in [4.69, 9.17) is 19.5 Å². The van der Waals surface area contributed by atoms with Crippen LogP contribution in [0.5, 0.6) is 0 Å². The number of aromatic nitrogens is 4. The summed E-state index contributed by atoms with van der Waals surface area (Å²) in [6, 6.07) is 0. The maximum Gasteiger partial charge on any atom is 0.481 e. The topological polar surface area (TPSA) is 376 Å². The fourth-order valence-electron chi connectivity index (χ4n) is 6.24. The molecule has 0 radical (unpaired) electrons. The van der Waals surface area contributed by atoms with Crippen molar-refractivity contribution in [1.82, 2.24) is 35.5 Å². The summed E-state index contributed by atoms with van der Waals surface area (Å²) in [7, 11) is -9.81. The van der Waals surface area contributed by atoms with E-state index in [0.29, 0.717) is 12.3 Å². The lowest BCUT2D eigenvalue weighted by Gasteiger charge is -2.30. The molecule has 0 aromatic carbocycles. The number of fused-ring (bicyclic) bond motifs is 1. The number of nitrogens with one attached hydrogen (secondary N) is 3. The molecule has 2 aromatic rings. The molecule has 372 valence electrons. The first-order valence-electron chi connectivity index (χ1n) is 20.7. The molecule has 1 aliphatic heterocycles. The molecule has 0 aliphatic carbocycles. The number of carbonyl (C=O) groups excluding carboxylic acids is 3. The van der Waals surface area contributed by atoms with Crippen LogP contribution in [0, 0.1) is 5.41 Å². The maximum atomic E-state index is 12.7. The highest BCUT2D eigenvalue weighted by atomic mass is 32.2. The number of carbonyl (C=O) groups is 3. The molecule has 3 rings (SSSR count). The highest BCUT2D eigenvalue weighted by molar-refractivity contribution is 7.99. The van der Waals surface area contributed by atoms with E-state index in [0.717, 1.165) is 41.0 Å². The van der Waals surface area contributed by atoms with Crippen LogP contribution in [0.15, 0.2) is 12.7 Å². The Balaban J connectivity index is 1.33. The number of imidazole rings is 1. The number of nitrogens with zero attached hydrogens (tertiary/aromatic N) is 5. The van der Waals surface area contributed by atoms with E-state index in [9.17, 15) is 57.9 Å². The summed E-state index contributed by atoms with van der Waals surface area (Å²) in [5.74, 6) is -0.748. The van der Waals surface area contributed by atoms with Gasteiger partial charge in [-0.3, -0.25) is 32.5 Å². The zero-order valence-electron chi connectivity index (χ0n) is 37.1. The van der Waals surface area contributed by atoms with Gasteiger partial charge in [0.2, 0.25) is 17.7 Å². The Kier molecular flexibility index (Phi) is 22.3. The van der Waals surface area contributed by atoms with Crippen LogP contribution in [0.3, 0.4) is 0 Å². The average Bonchev–Trinajstić information content (AvgIpc) is 3.76. The summed E-state index contributed by atoms with van der Waals surface area (Å²) in [6.07, 6.45) is 1.18. The molecule has 0 bridgehead atoms. The molecule has 3 heterocycles. The molecule has 1 fully saturated rings. The minimum Gasteiger partial charge on any atom is -0.386 e. The van der Waals surface area contributed by atoms with Crippen LogP contribution in [-0.4, -0.2) is 168 Å². The second-order valence-electron chi connectivity index (χ2n) is 17.0. The maximum absolute atomic E-state index is 12.7. The molecule has 7 atom stereocenters. The van der Waals surface area contributed by atoms with Gasteiger partial charge in [-0.25, -0.2) is 28.6 Å². The molecule has 1 aliphatic rings. The van der Waals surface area contributed by atoms with Crippen molar-refractivity contribution in [2.75, 3.05) is 77.8 Å². The Bertz CT molecular complexity index is 2010. The molecule has 26 nitrogen and oxygen atoms in total. The minimum atomic E-state index is -5.57. The Labute approximate surface area is 381 Å². The van der Waals surface area contributed by atoms with Gasteiger partial charge in [-0.2, -0.15) is 16.1 Å². The van der Waals surface area contributed by atoms with Crippen molar-refractivity contribution in [3.8, 4) is 0 Å². The van der Waals surface area contributed by atoms with Crippen LogP contribution in [0.1, 0.15) is 71.4 Å². The Morgan fingerprint density at radius 3 is 2.20 bits per heavy atom. The first-order valence-corrected chi connectivity index (χ1v) is 26.4. The van der Waals surface area contributed by atoms with E-state index in [2.05, 4.69) is 60.9 Å². The van der Waals surface area contributed by atoms with Crippen LogP contribution in [0.2, 0.25) is 0 Å². The van der Waals surface area contributed by atoms with Crippen molar-refractivity contribution < 1.29 is 85.0 Å². The van der Waals surface area contributed by atoms with Crippen molar-refractivity contribution >= 4 is 69.9 Å². The fraction of sp³-hybridized carbons (Fsp3) is 0.771. The van der Waals surface area contributed by atoms with E-state index in [1.807, 2.05) is 0 Å². The van der Waals surface area contributed by atoms with Crippen LogP contribution in [-0.2, 0) is 50.7 Å². The predicted molar refractivity (Wildman–Crippen MR) is 235 cm³/mol. The summed E-state index contributed by atoms with van der Waals surface area (Å²) < 4.78 is 63.4. The second kappa shape index (κ2) is 25.6. The molecular weight excluding hydrogens is 943 g/mol. The fourth-order valence-corrected chi connectivity index (χ4v) is 9.75. The van der Waals surface area contributed by atoms with Gasteiger partial charge in [0.1, 0.15) is 36.3 Å². The minimum absolute atomic E-state index is 0.0322. The number of phosphoric acid groups is 3. The molecule has 0 saturated carbocycles. The van der Waals surface area contributed by atoms with Gasteiger partial charge in [0.05, 0.1) is 53.0 Å². The van der Waals surface area contributed by atoms with Gasteiger partial charge < -0.3 is 60.7 Å². The normalized spacial score (nSPS) is 20.5. The third-order valence-electron chi connectivity index (χ3n) is 9.71. The van der Waals surface area contributed by atoms with Crippen LogP contribution >= 0.6 is 35.2 Å². The third-order valence-corrected chi connectivity index (χ3v) is 13.8. The second-order valence-corrected chi connectivity index (χ2v) is 22.3. The monoisotopic (exact) mass is 1010 g/mol. The average molecular weight is 1010 g/mol. The van der Waals surface area contributed by atoms with Crippen molar-refractivity contribution in [3.05, 3.63) is 12.7 Å². The lowest BCUT2D eigenvalue weighted by Crippen LogP contribution is -2.46. The van der Waals surface area contributed by atoms with E-state index in [-0.39, 0.29) is 48.2 Å². The largest absolute Gasteiger partial charge is 0.481 e. The zero-order chi connectivity index (χ0) is 48.6. The number of hydrogen-bond acceptors (Lipinski definition) is 18. The molecule has 1 saturated heterocycles. The van der Waals surface area contributed by atoms with E-state index in [1.54, 1.807) is 0 Å². The molecule has 3 amide bonds. The molecule has 7 unspecified atom stereocenters. The van der Waals surface area contributed by atoms with Gasteiger partial charge in [-0.05, 0) is 19.3 Å². The highest BCUT2D eigenvalue weighted by Gasteiger charge is 2.50. The number of unbranched alkanes of at least 4 members (excludes halogenated alkanes) is 6. The summed E-state index contributed by atoms with van der Waals surface area (Å²) >= 11 is 1.36. The van der Waals surface area contributed by atoms with Crippen molar-refractivity contribution in [1.29, 1.82) is 0 Å². The summed E-state index contributed by atoms with van der Waals surface area (Å²) in [5, 5.41) is 29.5. The Morgan fingerprint density at radius 1 is 0.908 bits per heavy atom. The van der Waals surface area contributed by atoms with E-state index >= 15 is 0 Å². The quantitative estimate of drug-likeness (QED) is 0.0282. The molecular formula is C35H65N9O17P3S+. The number of nitrogens with two attached hydrogens (primary N) is 1. The molecule has 2 aromatic heterocycles. The number of nitrogen functional groups attached to an aromatic ring is 1. The van der Waals surface area contributed by atoms with Crippen LogP contribution in [0.25, 0.3) is 11.2 Å². The van der Waals surface area contributed by atoms with E-state index in [1.165, 1.54) is 57.8 Å². The van der Waals surface area contributed by atoms with Crippen molar-refractivity contribution in [2.45, 2.75) is 95.9 Å². The van der Waals surface area contributed by atoms with Gasteiger partial charge in [-0.15, -0.1) is 0 Å². The van der Waals surface area contributed by atoms with Crippen molar-refractivity contribution in [2.24, 2.45) is 5.41 Å². The summed E-state index contributed by atoms with van der Waals surface area (Å²) in [5.41, 5.74) is 4.28. The smallest absolute Gasteiger partial charge is 0.386 e. The van der Waals surface area contributed by atoms with Gasteiger partial charge >= 0.3 is 23.5 Å². The summed E-state index contributed by atoms with van der Waals surface area (Å²) in [4.78, 5) is 88.1. The zero-order valence-corrected chi connectivity index (χ0v) is 40.6. The number of hydrogen-bond donors (Lipinski definition) is 10. The first kappa shape index (κ1) is 56.6. The number of ether oxygens (including phenoxy) is 1. The van der Waals surface area contributed by atoms with E-state index < -0.39 is 84.6 Å². The number of quaternary nitrogens is 1. The highest BCUT2D eigenvalue weighted by Crippen LogP contribution is 2.61. The van der Waals surface area contributed by atoms with Gasteiger partial charge in [-0.1, -0.05) is 39.5 Å². The molecule has 30 heteroatoms. The number of anilines is 1. The van der Waals surface area contributed by atoms with Crippen LogP contribution < -0.4 is 21.7 Å². The SMILES string of the molecule is CC(C)(COP(=O)(O)OP(=O)(O)OCC1OC(n2cnc3c(N)ncnc32)C(O)C1OP(=O)(O)O)C(O)C(=O)NCCC(=O)NCCSCC(=O)NCCCCCCCCC[N+](C)(C)C. The number of phosphoric ester groups is 3. The first-order chi connectivity index (χ1) is 30.2. The lowest BCUT2D eigenvalue weighted by atomic mass is 9.87. The van der Waals surface area contributed by atoms with Crippen molar-refractivity contribution in [3.63, 3.8) is 0 Å². The van der Waals surface area contributed by atoms with Gasteiger partial charge in [0, 0.05) is 37.2 Å². The Hall–Kier alpha value is -2.68. The van der Waals surface area contributed by atoms with Crippen LogP contribution in [0.4, 0.5) is 5.82 Å². The van der Waals surface area contributed by atoms with Gasteiger partial charge in [0.15, 0.2) is 17.7 Å². The number of amides is 3.